The molecule has 1 fully saturated rings. The van der Waals surface area contributed by atoms with Crippen molar-refractivity contribution in [1.82, 2.24) is 10.2 Å². The second-order valence-corrected chi connectivity index (χ2v) is 5.98. The second kappa shape index (κ2) is 5.15. The largest absolute Gasteiger partial charge is 0.459 e. The van der Waals surface area contributed by atoms with Crippen LogP contribution in [0, 0.1) is 0 Å². The molecule has 2 aliphatic heterocycles. The van der Waals surface area contributed by atoms with Crippen molar-refractivity contribution in [2.24, 2.45) is 0 Å². The van der Waals surface area contributed by atoms with Crippen LogP contribution in [-0.2, 0) is 0 Å². The smallest absolute Gasteiger partial charge is 0.289 e. The van der Waals surface area contributed by atoms with Crippen molar-refractivity contribution in [3.05, 3.63) is 54.0 Å². The van der Waals surface area contributed by atoms with Gasteiger partial charge in [-0.05, 0) is 24.3 Å². The molecule has 2 aromatic rings. The van der Waals surface area contributed by atoms with Gasteiger partial charge in [0, 0.05) is 31.6 Å². The Morgan fingerprint density at radius 1 is 1.09 bits per heavy atom. The van der Waals surface area contributed by atoms with Crippen molar-refractivity contribution in [2.45, 2.75) is 18.5 Å². The summed E-state index contributed by atoms with van der Waals surface area (Å²) >= 11 is 0. The first-order chi connectivity index (χ1) is 11.2. The maximum Gasteiger partial charge on any atom is 0.289 e. The molecule has 0 bridgehead atoms. The van der Waals surface area contributed by atoms with Crippen molar-refractivity contribution in [3.63, 3.8) is 0 Å². The Labute approximate surface area is 133 Å². The minimum absolute atomic E-state index is 0.0647. The number of nitrogens with zero attached hydrogens (tertiary/aromatic N) is 1. The van der Waals surface area contributed by atoms with Gasteiger partial charge in [0.2, 0.25) is 0 Å². The summed E-state index contributed by atoms with van der Waals surface area (Å²) in [5.41, 5.74) is 1.03. The zero-order valence-corrected chi connectivity index (χ0v) is 12.5. The Bertz CT molecular complexity index is 746. The predicted octanol–water partition coefficient (Wildman–Crippen LogP) is 2.07. The van der Waals surface area contributed by atoms with Gasteiger partial charge in [-0.15, -0.1) is 0 Å². The first-order valence-electron chi connectivity index (χ1n) is 7.69. The molecule has 1 spiro atoms. The maximum atomic E-state index is 12.3. The summed E-state index contributed by atoms with van der Waals surface area (Å²) in [6, 6.07) is 10.9. The molecule has 4 rings (SSSR count). The summed E-state index contributed by atoms with van der Waals surface area (Å²) in [7, 11) is 0. The fraction of sp³-hybridized carbons (Fsp3) is 0.294. The number of furan rings is 1. The average Bonchev–Trinajstić information content (AvgIpc) is 3.09. The van der Waals surface area contributed by atoms with E-state index in [0.29, 0.717) is 37.3 Å². The number of hydrogen-bond donors (Lipinski definition) is 2. The van der Waals surface area contributed by atoms with E-state index in [1.165, 1.54) is 6.26 Å². The summed E-state index contributed by atoms with van der Waals surface area (Å²) in [5, 5.41) is 6.51. The average molecular weight is 311 g/mol. The molecule has 1 aromatic carbocycles. The van der Waals surface area contributed by atoms with E-state index in [-0.39, 0.29) is 11.8 Å². The Kier molecular flexibility index (Phi) is 3.11. The van der Waals surface area contributed by atoms with Crippen molar-refractivity contribution in [2.75, 3.05) is 18.4 Å². The minimum atomic E-state index is -0.481. The van der Waals surface area contributed by atoms with Gasteiger partial charge in [-0.1, -0.05) is 12.1 Å². The summed E-state index contributed by atoms with van der Waals surface area (Å²) in [6.45, 7) is 1.13. The summed E-state index contributed by atoms with van der Waals surface area (Å²) in [6.07, 6.45) is 2.80. The minimum Gasteiger partial charge on any atom is -0.459 e. The van der Waals surface area contributed by atoms with E-state index in [1.807, 2.05) is 18.2 Å². The highest BCUT2D eigenvalue weighted by molar-refractivity contribution is 6.02. The lowest BCUT2D eigenvalue weighted by Crippen LogP contribution is -2.62. The van der Waals surface area contributed by atoms with E-state index >= 15 is 0 Å². The Morgan fingerprint density at radius 3 is 2.61 bits per heavy atom. The molecule has 2 N–H and O–H groups in total. The molecule has 118 valence electrons. The van der Waals surface area contributed by atoms with Crippen molar-refractivity contribution in [3.8, 4) is 0 Å². The van der Waals surface area contributed by atoms with Crippen LogP contribution in [-0.4, -0.2) is 35.5 Å². The van der Waals surface area contributed by atoms with Crippen molar-refractivity contribution < 1.29 is 14.0 Å². The summed E-state index contributed by atoms with van der Waals surface area (Å²) < 4.78 is 5.17. The predicted molar refractivity (Wildman–Crippen MR) is 84.1 cm³/mol. The number of likely N-dealkylation sites (tertiary alicyclic amines) is 1. The number of benzene rings is 1. The Balaban J connectivity index is 1.50. The van der Waals surface area contributed by atoms with Gasteiger partial charge in [0.05, 0.1) is 11.8 Å². The number of fused-ring (bicyclic) bond motifs is 1. The van der Waals surface area contributed by atoms with Gasteiger partial charge in [0.1, 0.15) is 5.66 Å². The number of carbonyl (C=O) groups excluding carboxylic acids is 2. The van der Waals surface area contributed by atoms with Crippen LogP contribution in [0.25, 0.3) is 0 Å². The monoisotopic (exact) mass is 311 g/mol. The third-order valence-electron chi connectivity index (χ3n) is 4.53. The highest BCUT2D eigenvalue weighted by Gasteiger charge is 2.41. The zero-order chi connectivity index (χ0) is 15.9. The first-order valence-corrected chi connectivity index (χ1v) is 7.69. The van der Waals surface area contributed by atoms with Crippen LogP contribution in [0.1, 0.15) is 33.8 Å². The van der Waals surface area contributed by atoms with Crippen LogP contribution in [0.3, 0.4) is 0 Å². The van der Waals surface area contributed by atoms with E-state index in [0.717, 1.165) is 5.69 Å². The van der Waals surface area contributed by atoms with Crippen LogP contribution in [0.4, 0.5) is 5.69 Å². The molecule has 6 nitrogen and oxygen atoms in total. The maximum absolute atomic E-state index is 12.3. The van der Waals surface area contributed by atoms with E-state index in [9.17, 15) is 9.59 Å². The quantitative estimate of drug-likeness (QED) is 0.845. The van der Waals surface area contributed by atoms with E-state index in [1.54, 1.807) is 23.1 Å². The molecule has 1 aromatic heterocycles. The van der Waals surface area contributed by atoms with Gasteiger partial charge in [-0.25, -0.2) is 0 Å². The fourth-order valence-electron chi connectivity index (χ4n) is 3.26. The first kappa shape index (κ1) is 13.9. The van der Waals surface area contributed by atoms with E-state index < -0.39 is 5.66 Å². The number of piperidine rings is 1. The molecule has 6 heteroatoms. The molecular formula is C17H17N3O3. The fourth-order valence-corrected chi connectivity index (χ4v) is 3.26. The number of hydrogen-bond acceptors (Lipinski definition) is 4. The molecule has 1 saturated heterocycles. The SMILES string of the molecule is O=C1NC2(CCN(C(=O)c3ccco3)CC2)Nc2ccccc21. The van der Waals surface area contributed by atoms with Crippen LogP contribution in [0.15, 0.2) is 47.1 Å². The molecule has 0 unspecified atom stereocenters. The normalized spacial score (nSPS) is 19.0. The van der Waals surface area contributed by atoms with E-state index in [4.69, 9.17) is 4.42 Å². The molecule has 0 saturated carbocycles. The molecule has 0 radical (unpaired) electrons. The Morgan fingerprint density at radius 2 is 1.87 bits per heavy atom. The highest BCUT2D eigenvalue weighted by atomic mass is 16.3. The number of anilines is 1. The molecular weight excluding hydrogens is 294 g/mol. The second-order valence-electron chi connectivity index (χ2n) is 5.98. The van der Waals surface area contributed by atoms with Gasteiger partial charge in [-0.3, -0.25) is 9.59 Å². The van der Waals surface area contributed by atoms with Crippen molar-refractivity contribution in [1.29, 1.82) is 0 Å². The number of nitrogens with one attached hydrogen (secondary N) is 2. The standard InChI is InChI=1S/C17H17N3O3/c21-15-12-4-1-2-5-13(12)18-17(19-15)7-9-20(10-8-17)16(22)14-6-3-11-23-14/h1-6,11,18H,7-10H2,(H,19,21). The van der Waals surface area contributed by atoms with Crippen molar-refractivity contribution >= 4 is 17.5 Å². The van der Waals surface area contributed by atoms with Gasteiger partial charge in [0.25, 0.3) is 11.8 Å². The van der Waals surface area contributed by atoms with Gasteiger partial charge < -0.3 is 20.0 Å². The lowest BCUT2D eigenvalue weighted by atomic mass is 9.92. The molecule has 2 amide bonds. The number of rotatable bonds is 1. The Hall–Kier alpha value is -2.76. The molecule has 23 heavy (non-hydrogen) atoms. The van der Waals surface area contributed by atoms with E-state index in [2.05, 4.69) is 10.6 Å². The third-order valence-corrected chi connectivity index (χ3v) is 4.53. The zero-order valence-electron chi connectivity index (χ0n) is 12.5. The summed E-state index contributed by atoms with van der Waals surface area (Å²) in [5.74, 6) is 0.185. The third kappa shape index (κ3) is 2.36. The highest BCUT2D eigenvalue weighted by Crippen LogP contribution is 2.31. The topological polar surface area (TPSA) is 74.6 Å². The number of carbonyl (C=O) groups is 2. The van der Waals surface area contributed by atoms with Crippen LogP contribution in [0.5, 0.6) is 0 Å². The van der Waals surface area contributed by atoms with Gasteiger partial charge >= 0.3 is 0 Å². The van der Waals surface area contributed by atoms with Gasteiger partial charge in [-0.2, -0.15) is 0 Å². The van der Waals surface area contributed by atoms with Crippen LogP contribution >= 0.6 is 0 Å². The molecule has 3 heterocycles. The summed E-state index contributed by atoms with van der Waals surface area (Å²) in [4.78, 5) is 26.4. The molecule has 2 aliphatic rings. The van der Waals surface area contributed by atoms with Gasteiger partial charge in [0.15, 0.2) is 5.76 Å². The lowest BCUT2D eigenvalue weighted by Gasteiger charge is -2.45. The van der Waals surface area contributed by atoms with Crippen LogP contribution < -0.4 is 10.6 Å². The molecule has 0 aliphatic carbocycles. The molecule has 0 atom stereocenters. The van der Waals surface area contributed by atoms with Crippen LogP contribution in [0.2, 0.25) is 0 Å². The number of amides is 2. The lowest BCUT2D eigenvalue weighted by molar-refractivity contribution is 0.0611. The number of para-hydroxylation sites is 1.